The quantitative estimate of drug-likeness (QED) is 0.622. The maximum Gasteiger partial charge on any atom is 0.118 e. The van der Waals surface area contributed by atoms with Crippen molar-refractivity contribution in [2.24, 2.45) is 11.8 Å². The summed E-state index contributed by atoms with van der Waals surface area (Å²) in [4.78, 5) is 0. The van der Waals surface area contributed by atoms with Crippen LogP contribution in [-0.4, -0.2) is 7.11 Å². The summed E-state index contributed by atoms with van der Waals surface area (Å²) >= 11 is 0. The molecule has 2 aromatic carbocycles. The van der Waals surface area contributed by atoms with Crippen LogP contribution in [0.25, 0.3) is 0 Å². The van der Waals surface area contributed by atoms with Gasteiger partial charge in [-0.05, 0) is 60.8 Å². The van der Waals surface area contributed by atoms with Gasteiger partial charge in [-0.2, -0.15) is 0 Å². The second-order valence-corrected chi connectivity index (χ2v) is 6.42. The minimum Gasteiger partial charge on any atom is -0.497 e. The Labute approximate surface area is 135 Å². The van der Waals surface area contributed by atoms with Crippen LogP contribution in [0, 0.1) is 11.8 Å². The summed E-state index contributed by atoms with van der Waals surface area (Å²) in [5, 5.41) is 0. The number of rotatable bonds is 8. The van der Waals surface area contributed by atoms with Crippen LogP contribution in [0.3, 0.4) is 0 Å². The fraction of sp³-hybridized carbons (Fsp3) is 0.429. The standard InChI is InChI=1S/C21H28O/c1-17(2)20(13-9-18-7-5-4-6-8-18)14-10-19-11-15-21(22-3)16-12-19/h4-8,11-12,15-17,20H,9-10,13-14H2,1-3H3. The SMILES string of the molecule is COc1ccc(CCC(CCc2ccccc2)C(C)C)cc1. The summed E-state index contributed by atoms with van der Waals surface area (Å²) in [6, 6.07) is 19.3. The first-order valence-electron chi connectivity index (χ1n) is 8.36. The normalized spacial score (nSPS) is 12.4. The molecule has 2 aromatic rings. The molecule has 0 spiro atoms. The van der Waals surface area contributed by atoms with E-state index in [1.807, 2.05) is 0 Å². The molecule has 0 amide bonds. The van der Waals surface area contributed by atoms with E-state index in [0.29, 0.717) is 0 Å². The minimum atomic E-state index is 0.738. The monoisotopic (exact) mass is 296 g/mol. The van der Waals surface area contributed by atoms with E-state index in [1.165, 1.54) is 30.4 Å². The van der Waals surface area contributed by atoms with Gasteiger partial charge in [0.05, 0.1) is 7.11 Å². The summed E-state index contributed by atoms with van der Waals surface area (Å²) in [6.45, 7) is 4.70. The van der Waals surface area contributed by atoms with Crippen molar-refractivity contribution in [3.05, 3.63) is 65.7 Å². The van der Waals surface area contributed by atoms with Gasteiger partial charge in [-0.15, -0.1) is 0 Å². The van der Waals surface area contributed by atoms with Crippen molar-refractivity contribution in [3.8, 4) is 5.75 Å². The molecule has 0 aliphatic heterocycles. The van der Waals surface area contributed by atoms with Crippen molar-refractivity contribution in [3.63, 3.8) is 0 Å². The fourth-order valence-corrected chi connectivity index (χ4v) is 2.95. The third-order valence-corrected chi connectivity index (χ3v) is 4.55. The molecule has 0 heterocycles. The Morgan fingerprint density at radius 1 is 0.773 bits per heavy atom. The first kappa shape index (κ1) is 16.6. The average molecular weight is 296 g/mol. The van der Waals surface area contributed by atoms with Crippen LogP contribution >= 0.6 is 0 Å². The van der Waals surface area contributed by atoms with E-state index in [4.69, 9.17) is 4.74 Å². The minimum absolute atomic E-state index is 0.738. The van der Waals surface area contributed by atoms with Crippen LogP contribution in [-0.2, 0) is 12.8 Å². The highest BCUT2D eigenvalue weighted by molar-refractivity contribution is 5.27. The molecule has 1 nitrogen and oxygen atoms in total. The molecule has 0 fully saturated rings. The molecule has 1 unspecified atom stereocenters. The lowest BCUT2D eigenvalue weighted by atomic mass is 9.85. The topological polar surface area (TPSA) is 9.23 Å². The maximum absolute atomic E-state index is 5.22. The Kier molecular flexibility index (Phi) is 6.51. The van der Waals surface area contributed by atoms with Crippen LogP contribution in [0.4, 0.5) is 0 Å². The molecule has 0 aromatic heterocycles. The predicted molar refractivity (Wildman–Crippen MR) is 94.4 cm³/mol. The van der Waals surface area contributed by atoms with Crippen molar-refractivity contribution < 1.29 is 4.74 Å². The van der Waals surface area contributed by atoms with Crippen LogP contribution in [0.1, 0.15) is 37.8 Å². The highest BCUT2D eigenvalue weighted by Crippen LogP contribution is 2.24. The van der Waals surface area contributed by atoms with Crippen molar-refractivity contribution in [1.29, 1.82) is 0 Å². The highest BCUT2D eigenvalue weighted by Gasteiger charge is 2.13. The summed E-state index contributed by atoms with van der Waals surface area (Å²) in [7, 11) is 1.72. The largest absolute Gasteiger partial charge is 0.497 e. The van der Waals surface area contributed by atoms with Gasteiger partial charge in [-0.3, -0.25) is 0 Å². The van der Waals surface area contributed by atoms with Crippen LogP contribution in [0.2, 0.25) is 0 Å². The van der Waals surface area contributed by atoms with E-state index in [9.17, 15) is 0 Å². The second-order valence-electron chi connectivity index (χ2n) is 6.42. The van der Waals surface area contributed by atoms with Crippen molar-refractivity contribution in [1.82, 2.24) is 0 Å². The van der Waals surface area contributed by atoms with Crippen LogP contribution in [0.15, 0.2) is 54.6 Å². The fourth-order valence-electron chi connectivity index (χ4n) is 2.95. The molecule has 0 N–H and O–H groups in total. The zero-order valence-electron chi connectivity index (χ0n) is 14.1. The Morgan fingerprint density at radius 3 is 1.82 bits per heavy atom. The molecule has 118 valence electrons. The Hall–Kier alpha value is -1.76. The van der Waals surface area contributed by atoms with E-state index in [1.54, 1.807) is 7.11 Å². The number of benzene rings is 2. The van der Waals surface area contributed by atoms with Gasteiger partial charge in [0.1, 0.15) is 5.75 Å². The van der Waals surface area contributed by atoms with E-state index in [0.717, 1.165) is 24.0 Å². The summed E-state index contributed by atoms with van der Waals surface area (Å²) in [5.74, 6) is 2.46. The molecular formula is C21H28O. The van der Waals surface area contributed by atoms with Crippen LogP contribution in [0.5, 0.6) is 5.75 Å². The molecule has 1 atom stereocenters. The van der Waals surface area contributed by atoms with E-state index >= 15 is 0 Å². The molecule has 0 bridgehead atoms. The smallest absolute Gasteiger partial charge is 0.118 e. The van der Waals surface area contributed by atoms with Gasteiger partial charge in [0.15, 0.2) is 0 Å². The van der Waals surface area contributed by atoms with Gasteiger partial charge in [0, 0.05) is 0 Å². The molecule has 0 aliphatic carbocycles. The third kappa shape index (κ3) is 5.22. The first-order chi connectivity index (χ1) is 10.7. The summed E-state index contributed by atoms with van der Waals surface area (Å²) in [5.41, 5.74) is 2.86. The molecule has 0 radical (unpaired) electrons. The summed E-state index contributed by atoms with van der Waals surface area (Å²) in [6.07, 6.45) is 4.88. The Morgan fingerprint density at radius 2 is 1.32 bits per heavy atom. The molecule has 0 saturated carbocycles. The van der Waals surface area contributed by atoms with Crippen molar-refractivity contribution in [2.45, 2.75) is 39.5 Å². The molecule has 2 rings (SSSR count). The van der Waals surface area contributed by atoms with Gasteiger partial charge < -0.3 is 4.74 Å². The zero-order chi connectivity index (χ0) is 15.8. The maximum atomic E-state index is 5.22. The van der Waals surface area contributed by atoms with Gasteiger partial charge in [0.2, 0.25) is 0 Å². The Bertz CT molecular complexity index is 528. The summed E-state index contributed by atoms with van der Waals surface area (Å²) < 4.78 is 5.22. The van der Waals surface area contributed by atoms with E-state index < -0.39 is 0 Å². The number of methoxy groups -OCH3 is 1. The van der Waals surface area contributed by atoms with Gasteiger partial charge in [-0.25, -0.2) is 0 Å². The molecule has 1 heteroatoms. The predicted octanol–water partition coefficient (Wildman–Crippen LogP) is 5.53. The van der Waals surface area contributed by atoms with Gasteiger partial charge >= 0.3 is 0 Å². The van der Waals surface area contributed by atoms with E-state index in [-0.39, 0.29) is 0 Å². The third-order valence-electron chi connectivity index (χ3n) is 4.55. The van der Waals surface area contributed by atoms with E-state index in [2.05, 4.69) is 68.4 Å². The molecule has 0 aliphatic rings. The number of ether oxygens (including phenoxy) is 1. The van der Waals surface area contributed by atoms with Crippen molar-refractivity contribution in [2.75, 3.05) is 7.11 Å². The van der Waals surface area contributed by atoms with Crippen molar-refractivity contribution >= 4 is 0 Å². The lowest BCUT2D eigenvalue weighted by Gasteiger charge is -2.21. The lowest BCUT2D eigenvalue weighted by Crippen LogP contribution is -2.11. The number of hydrogen-bond acceptors (Lipinski definition) is 1. The zero-order valence-corrected chi connectivity index (χ0v) is 14.1. The lowest BCUT2D eigenvalue weighted by molar-refractivity contribution is 0.337. The Balaban J connectivity index is 1.85. The number of hydrogen-bond donors (Lipinski definition) is 0. The average Bonchev–Trinajstić information content (AvgIpc) is 2.56. The number of aryl methyl sites for hydroxylation is 2. The first-order valence-corrected chi connectivity index (χ1v) is 8.36. The van der Waals surface area contributed by atoms with Gasteiger partial charge in [-0.1, -0.05) is 56.3 Å². The van der Waals surface area contributed by atoms with Crippen LogP contribution < -0.4 is 4.74 Å². The molecule has 22 heavy (non-hydrogen) atoms. The molecule has 0 saturated heterocycles. The second kappa shape index (κ2) is 8.63. The van der Waals surface area contributed by atoms with Gasteiger partial charge in [0.25, 0.3) is 0 Å². The highest BCUT2D eigenvalue weighted by atomic mass is 16.5. The molecular weight excluding hydrogens is 268 g/mol.